The summed E-state index contributed by atoms with van der Waals surface area (Å²) in [7, 11) is -2.89. The van der Waals surface area contributed by atoms with Crippen molar-refractivity contribution >= 4 is 33.6 Å². The van der Waals surface area contributed by atoms with E-state index in [-0.39, 0.29) is 18.3 Å². The largest absolute Gasteiger partial charge is 0.453 e. The molecule has 11 nitrogen and oxygen atoms in total. The van der Waals surface area contributed by atoms with E-state index in [1.807, 2.05) is 42.6 Å². The number of nitrogens with zero attached hydrogens (tertiary/aromatic N) is 1. The van der Waals surface area contributed by atoms with E-state index in [1.165, 1.54) is 30.6 Å². The average molecular weight is 550 g/mol. The monoisotopic (exact) mass is 549 g/mol. The van der Waals surface area contributed by atoms with Crippen LogP contribution in [0.2, 0.25) is 0 Å². The highest BCUT2D eigenvalue weighted by Crippen LogP contribution is 2.24. The Labute approximate surface area is 220 Å². The summed E-state index contributed by atoms with van der Waals surface area (Å²) in [6.45, 7) is 1.99. The fraction of sp³-hybridized carbons (Fsp3) is 0.292. The number of rotatable bonds is 11. The Kier molecular flexibility index (Phi) is 11.0. The Balaban J connectivity index is 0.00000481. The van der Waals surface area contributed by atoms with Crippen LogP contribution in [0.1, 0.15) is 34.8 Å². The van der Waals surface area contributed by atoms with Crippen molar-refractivity contribution < 1.29 is 26.9 Å². The number of ether oxygens (including phenoxy) is 1. The van der Waals surface area contributed by atoms with Crippen LogP contribution in [0.5, 0.6) is 5.75 Å². The van der Waals surface area contributed by atoms with Crippen molar-refractivity contribution in [3.8, 4) is 5.75 Å². The molecule has 200 valence electrons. The van der Waals surface area contributed by atoms with Gasteiger partial charge in [-0.1, -0.05) is 49.4 Å². The summed E-state index contributed by atoms with van der Waals surface area (Å²) in [6.07, 6.45) is 0.674. The van der Waals surface area contributed by atoms with Crippen molar-refractivity contribution in [2.45, 2.75) is 38.3 Å². The molecule has 1 aromatic heterocycles. The summed E-state index contributed by atoms with van der Waals surface area (Å²) in [6, 6.07) is 14.3. The molecule has 2 unspecified atom stereocenters. The third-order valence-electron chi connectivity index (χ3n) is 5.20. The molecular weight excluding hydrogens is 518 g/mol. The van der Waals surface area contributed by atoms with Gasteiger partial charge in [-0.05, 0) is 36.1 Å². The maximum Gasteiger partial charge on any atom is 0.407 e. The molecule has 0 aliphatic carbocycles. The Hall–Kier alpha value is -3.52. The number of thiazole rings is 1. The highest BCUT2D eigenvalue weighted by molar-refractivity contribution is 7.84. The normalized spacial score (nSPS) is 12.5. The van der Waals surface area contributed by atoms with E-state index in [2.05, 4.69) is 19.8 Å². The molecule has 0 aliphatic heterocycles. The number of carbonyl (C=O) groups excluding carboxylic acids is 2. The topological polar surface area (TPSA) is 185 Å². The van der Waals surface area contributed by atoms with Crippen LogP contribution >= 0.6 is 11.3 Å². The fourth-order valence-electron chi connectivity index (χ4n) is 3.43. The quantitative estimate of drug-likeness (QED) is 0.281. The van der Waals surface area contributed by atoms with E-state index in [0.717, 1.165) is 23.2 Å². The van der Waals surface area contributed by atoms with Crippen LogP contribution in [0.25, 0.3) is 0 Å². The van der Waals surface area contributed by atoms with E-state index in [4.69, 9.17) is 9.88 Å². The van der Waals surface area contributed by atoms with Gasteiger partial charge in [0.15, 0.2) is 0 Å². The third-order valence-corrected chi connectivity index (χ3v) is 6.63. The number of aryl methyl sites for hydroxylation is 1. The van der Waals surface area contributed by atoms with E-state index in [0.29, 0.717) is 11.4 Å². The first-order valence-electron chi connectivity index (χ1n) is 11.1. The number of carbonyl (C=O) groups is 2. The lowest BCUT2D eigenvalue weighted by molar-refractivity contribution is -0.123. The first kappa shape index (κ1) is 29.7. The van der Waals surface area contributed by atoms with Gasteiger partial charge in [0.2, 0.25) is 5.91 Å². The first-order valence-corrected chi connectivity index (χ1v) is 13.5. The molecule has 0 bridgehead atoms. The molecule has 3 rings (SSSR count). The van der Waals surface area contributed by atoms with E-state index >= 15 is 0 Å². The molecule has 0 saturated heterocycles. The number of nitrogens with two attached hydrogens (primary N) is 1. The number of hydrogen-bond donors (Lipinski definition) is 4. The van der Waals surface area contributed by atoms with Crippen molar-refractivity contribution in [3.05, 3.63) is 81.8 Å². The van der Waals surface area contributed by atoms with Gasteiger partial charge in [0.25, 0.3) is 0 Å². The van der Waals surface area contributed by atoms with Gasteiger partial charge in [-0.2, -0.15) is 13.6 Å². The SMILES string of the molecule is CCc1csc(C(Cc2ccc(OS(N)(=O)=O)cc2)NC(=O)C(Cc2ccccc2)NC(=O)OC)n1.N. The summed E-state index contributed by atoms with van der Waals surface area (Å²) in [4.78, 5) is 29.9. The van der Waals surface area contributed by atoms with Crippen LogP contribution in [-0.2, 0) is 39.1 Å². The molecule has 7 N–H and O–H groups in total. The third kappa shape index (κ3) is 9.46. The van der Waals surface area contributed by atoms with Crippen LogP contribution < -0.4 is 26.1 Å². The van der Waals surface area contributed by atoms with Crippen LogP contribution in [0.15, 0.2) is 60.0 Å². The molecule has 37 heavy (non-hydrogen) atoms. The second-order valence-corrected chi connectivity index (χ2v) is 9.94. The van der Waals surface area contributed by atoms with Crippen molar-refractivity contribution in [1.29, 1.82) is 0 Å². The highest BCUT2D eigenvalue weighted by Gasteiger charge is 2.26. The predicted molar refractivity (Wildman–Crippen MR) is 141 cm³/mol. The van der Waals surface area contributed by atoms with Crippen molar-refractivity contribution in [2.75, 3.05) is 7.11 Å². The lowest BCUT2D eigenvalue weighted by Crippen LogP contribution is -2.49. The number of aromatic nitrogens is 1. The van der Waals surface area contributed by atoms with Crippen LogP contribution in [-0.4, -0.2) is 38.6 Å². The molecule has 2 aromatic carbocycles. The molecule has 0 spiro atoms. The van der Waals surface area contributed by atoms with Crippen molar-refractivity contribution in [3.63, 3.8) is 0 Å². The smallest absolute Gasteiger partial charge is 0.407 e. The summed E-state index contributed by atoms with van der Waals surface area (Å²) in [5.41, 5.74) is 2.58. The minimum Gasteiger partial charge on any atom is -0.453 e. The van der Waals surface area contributed by atoms with Gasteiger partial charge in [0.1, 0.15) is 16.8 Å². The zero-order valence-electron chi connectivity index (χ0n) is 20.5. The van der Waals surface area contributed by atoms with Crippen molar-refractivity contribution in [1.82, 2.24) is 21.8 Å². The zero-order chi connectivity index (χ0) is 26.1. The molecule has 0 radical (unpaired) electrons. The van der Waals surface area contributed by atoms with Gasteiger partial charge < -0.3 is 25.7 Å². The summed E-state index contributed by atoms with van der Waals surface area (Å²) in [5, 5.41) is 13.2. The number of benzene rings is 2. The maximum absolute atomic E-state index is 13.4. The lowest BCUT2D eigenvalue weighted by atomic mass is 10.0. The molecule has 1 heterocycles. The Morgan fingerprint density at radius 1 is 1.03 bits per heavy atom. The van der Waals surface area contributed by atoms with Gasteiger partial charge in [-0.3, -0.25) is 4.79 Å². The molecule has 3 aromatic rings. The highest BCUT2D eigenvalue weighted by atomic mass is 32.2. The predicted octanol–water partition coefficient (Wildman–Crippen LogP) is 2.82. The summed E-state index contributed by atoms with van der Waals surface area (Å²) >= 11 is 1.43. The van der Waals surface area contributed by atoms with E-state index < -0.39 is 34.4 Å². The number of methoxy groups -OCH3 is 1. The summed E-state index contributed by atoms with van der Waals surface area (Å²) in [5.74, 6) is -0.314. The maximum atomic E-state index is 13.4. The standard InChI is InChI=1S/C24H28N4O6S2.H3N/c1-3-18-15-35-23(26-18)21(14-17-9-11-19(12-10-17)34-36(25,31)32)27-22(29)20(28-24(30)33-2)13-16-7-5-4-6-8-16;/h4-12,15,20-21H,3,13-14H2,1-2H3,(H,27,29)(H,28,30)(H2,25,31,32);1H3. The fourth-order valence-corrected chi connectivity index (χ4v) is 4.76. The number of amides is 2. The minimum absolute atomic E-state index is 0. The molecule has 2 atom stereocenters. The molecule has 13 heteroatoms. The minimum atomic E-state index is -4.13. The second kappa shape index (κ2) is 13.7. The van der Waals surface area contributed by atoms with Crippen molar-refractivity contribution in [2.24, 2.45) is 5.14 Å². The Bertz CT molecular complexity index is 1270. The number of hydrogen-bond acceptors (Lipinski definition) is 9. The molecule has 0 fully saturated rings. The Morgan fingerprint density at radius 2 is 1.68 bits per heavy atom. The first-order chi connectivity index (χ1) is 17.2. The van der Waals surface area contributed by atoms with Gasteiger partial charge in [0.05, 0.1) is 18.8 Å². The van der Waals surface area contributed by atoms with Gasteiger partial charge in [-0.25, -0.2) is 9.78 Å². The van der Waals surface area contributed by atoms with E-state index in [9.17, 15) is 18.0 Å². The van der Waals surface area contributed by atoms with Gasteiger partial charge in [0, 0.05) is 11.8 Å². The number of nitrogens with one attached hydrogen (secondary N) is 2. The Morgan fingerprint density at radius 3 is 2.24 bits per heavy atom. The zero-order valence-corrected chi connectivity index (χ0v) is 22.2. The van der Waals surface area contributed by atoms with Crippen LogP contribution in [0.3, 0.4) is 0 Å². The second-order valence-electron chi connectivity index (χ2n) is 7.89. The average Bonchev–Trinajstić information content (AvgIpc) is 3.33. The molecular formula is C24H31N5O6S2. The van der Waals surface area contributed by atoms with Gasteiger partial charge in [-0.15, -0.1) is 11.3 Å². The number of alkyl carbamates (subject to hydrolysis) is 1. The molecule has 0 aliphatic rings. The molecule has 2 amide bonds. The molecule has 0 saturated carbocycles. The van der Waals surface area contributed by atoms with Crippen LogP contribution in [0.4, 0.5) is 4.79 Å². The summed E-state index contributed by atoms with van der Waals surface area (Å²) < 4.78 is 31.7. The van der Waals surface area contributed by atoms with Gasteiger partial charge >= 0.3 is 16.4 Å². The van der Waals surface area contributed by atoms with Crippen LogP contribution in [0, 0.1) is 0 Å². The van der Waals surface area contributed by atoms with E-state index in [1.54, 1.807) is 12.1 Å². The lowest BCUT2D eigenvalue weighted by Gasteiger charge is -2.22.